The molecule has 0 N–H and O–H groups in total. The zero-order valence-corrected chi connectivity index (χ0v) is 11.3. The molecule has 1 rings (SSSR count). The summed E-state index contributed by atoms with van der Waals surface area (Å²) in [4.78, 5) is 2.33. The fourth-order valence-corrected chi connectivity index (χ4v) is 2.28. The van der Waals surface area contributed by atoms with Gasteiger partial charge in [0.2, 0.25) is 0 Å². The molecule has 0 aliphatic heterocycles. The number of anilines is 1. The number of methoxy groups -OCH3 is 1. The van der Waals surface area contributed by atoms with Crippen LogP contribution < -0.4 is 9.64 Å². The number of benzene rings is 1. The lowest BCUT2D eigenvalue weighted by molar-refractivity contribution is 0.411. The Morgan fingerprint density at radius 2 is 1.81 bits per heavy atom. The summed E-state index contributed by atoms with van der Waals surface area (Å²) in [5.74, 6) is 0.989. The maximum Gasteiger partial charge on any atom is 0.122 e. The van der Waals surface area contributed by atoms with Gasteiger partial charge in [0.05, 0.1) is 7.11 Å². The number of nitrogens with zero attached hydrogens (tertiary/aromatic N) is 1. The SMILES string of the molecule is CCCN(C)c1c(C)cc(OC)c(C)c1C. The Morgan fingerprint density at radius 3 is 2.31 bits per heavy atom. The highest BCUT2D eigenvalue weighted by molar-refractivity contribution is 5.64. The van der Waals surface area contributed by atoms with Gasteiger partial charge in [0, 0.05) is 19.3 Å². The van der Waals surface area contributed by atoms with E-state index in [4.69, 9.17) is 4.74 Å². The minimum atomic E-state index is 0.989. The van der Waals surface area contributed by atoms with Gasteiger partial charge in [-0.3, -0.25) is 0 Å². The summed E-state index contributed by atoms with van der Waals surface area (Å²) in [7, 11) is 3.89. The highest BCUT2D eigenvalue weighted by Crippen LogP contribution is 2.33. The van der Waals surface area contributed by atoms with Gasteiger partial charge in [-0.2, -0.15) is 0 Å². The van der Waals surface area contributed by atoms with Gasteiger partial charge >= 0.3 is 0 Å². The summed E-state index contributed by atoms with van der Waals surface area (Å²) >= 11 is 0. The highest BCUT2D eigenvalue weighted by Gasteiger charge is 2.13. The van der Waals surface area contributed by atoms with Crippen molar-refractivity contribution in [2.24, 2.45) is 0 Å². The third-order valence-electron chi connectivity index (χ3n) is 3.17. The maximum atomic E-state index is 5.38. The van der Waals surface area contributed by atoms with Crippen LogP contribution in [0.15, 0.2) is 6.07 Å². The lowest BCUT2D eigenvalue weighted by Crippen LogP contribution is -2.20. The van der Waals surface area contributed by atoms with E-state index in [2.05, 4.69) is 45.7 Å². The summed E-state index contributed by atoms with van der Waals surface area (Å²) in [6.07, 6.45) is 1.17. The van der Waals surface area contributed by atoms with E-state index in [0.29, 0.717) is 0 Å². The Hall–Kier alpha value is -1.18. The van der Waals surface area contributed by atoms with E-state index in [1.807, 2.05) is 0 Å². The molecule has 0 spiro atoms. The van der Waals surface area contributed by atoms with E-state index >= 15 is 0 Å². The van der Waals surface area contributed by atoms with E-state index in [1.165, 1.54) is 28.8 Å². The third kappa shape index (κ3) is 2.31. The van der Waals surface area contributed by atoms with Gasteiger partial charge in [0.15, 0.2) is 0 Å². The van der Waals surface area contributed by atoms with E-state index in [-0.39, 0.29) is 0 Å². The van der Waals surface area contributed by atoms with Crippen molar-refractivity contribution in [1.82, 2.24) is 0 Å². The Labute approximate surface area is 99.2 Å². The molecule has 1 aromatic carbocycles. The standard InChI is InChI=1S/C14H23NO/c1-7-8-15(5)14-10(2)9-13(16-6)11(3)12(14)4/h9H,7-8H2,1-6H3. The number of hydrogen-bond acceptors (Lipinski definition) is 2. The number of aryl methyl sites for hydroxylation is 1. The average molecular weight is 221 g/mol. The van der Waals surface area contributed by atoms with Crippen LogP contribution in [-0.4, -0.2) is 20.7 Å². The van der Waals surface area contributed by atoms with Crippen LogP contribution in [0.2, 0.25) is 0 Å². The predicted octanol–water partition coefficient (Wildman–Crippen LogP) is 3.47. The first-order valence-electron chi connectivity index (χ1n) is 5.88. The molecule has 0 aliphatic carbocycles. The summed E-state index contributed by atoms with van der Waals surface area (Å²) < 4.78 is 5.38. The van der Waals surface area contributed by atoms with Gasteiger partial charge < -0.3 is 9.64 Å². The van der Waals surface area contributed by atoms with Crippen LogP contribution in [0.1, 0.15) is 30.0 Å². The molecule has 0 saturated heterocycles. The molecular weight excluding hydrogens is 198 g/mol. The van der Waals surface area contributed by atoms with Crippen LogP contribution in [-0.2, 0) is 0 Å². The molecule has 0 radical (unpaired) electrons. The van der Waals surface area contributed by atoms with Crippen molar-refractivity contribution < 1.29 is 4.74 Å². The number of rotatable bonds is 4. The third-order valence-corrected chi connectivity index (χ3v) is 3.17. The normalized spacial score (nSPS) is 10.4. The molecule has 16 heavy (non-hydrogen) atoms. The van der Waals surface area contributed by atoms with Crippen molar-refractivity contribution in [3.63, 3.8) is 0 Å². The predicted molar refractivity (Wildman–Crippen MR) is 70.8 cm³/mol. The Kier molecular flexibility index (Phi) is 4.22. The van der Waals surface area contributed by atoms with Crippen LogP contribution in [0.3, 0.4) is 0 Å². The van der Waals surface area contributed by atoms with Gasteiger partial charge in [-0.1, -0.05) is 6.92 Å². The molecule has 0 fully saturated rings. The minimum absolute atomic E-state index is 0.989. The van der Waals surface area contributed by atoms with Crippen LogP contribution in [0, 0.1) is 20.8 Å². The second-order valence-corrected chi connectivity index (χ2v) is 4.42. The monoisotopic (exact) mass is 221 g/mol. The molecule has 2 nitrogen and oxygen atoms in total. The Bertz CT molecular complexity index is 371. The quantitative estimate of drug-likeness (QED) is 0.772. The first-order chi connectivity index (χ1) is 7.52. The van der Waals surface area contributed by atoms with Gasteiger partial charge in [-0.05, 0) is 49.9 Å². The largest absolute Gasteiger partial charge is 0.496 e. The second-order valence-electron chi connectivity index (χ2n) is 4.42. The molecule has 2 heteroatoms. The maximum absolute atomic E-state index is 5.38. The number of hydrogen-bond donors (Lipinski definition) is 0. The molecule has 0 unspecified atom stereocenters. The molecule has 0 aliphatic rings. The summed E-state index contributed by atoms with van der Waals surface area (Å²) in [5, 5.41) is 0. The van der Waals surface area contributed by atoms with Crippen molar-refractivity contribution >= 4 is 5.69 Å². The van der Waals surface area contributed by atoms with E-state index < -0.39 is 0 Å². The number of ether oxygens (including phenoxy) is 1. The van der Waals surface area contributed by atoms with Crippen molar-refractivity contribution in [1.29, 1.82) is 0 Å². The Morgan fingerprint density at radius 1 is 1.19 bits per heavy atom. The summed E-state index contributed by atoms with van der Waals surface area (Å²) in [6, 6.07) is 2.13. The van der Waals surface area contributed by atoms with Crippen molar-refractivity contribution in [2.75, 3.05) is 25.6 Å². The Balaban J connectivity index is 3.24. The van der Waals surface area contributed by atoms with Crippen LogP contribution in [0.25, 0.3) is 0 Å². The van der Waals surface area contributed by atoms with Crippen molar-refractivity contribution in [2.45, 2.75) is 34.1 Å². The molecule has 0 amide bonds. The van der Waals surface area contributed by atoms with Crippen LogP contribution >= 0.6 is 0 Å². The smallest absolute Gasteiger partial charge is 0.122 e. The highest BCUT2D eigenvalue weighted by atomic mass is 16.5. The average Bonchev–Trinajstić information content (AvgIpc) is 2.24. The zero-order chi connectivity index (χ0) is 12.3. The van der Waals surface area contributed by atoms with Gasteiger partial charge in [-0.25, -0.2) is 0 Å². The molecule has 0 aromatic heterocycles. The zero-order valence-electron chi connectivity index (χ0n) is 11.3. The van der Waals surface area contributed by atoms with Gasteiger partial charge in [0.25, 0.3) is 0 Å². The molecule has 0 bridgehead atoms. The molecule has 0 atom stereocenters. The van der Waals surface area contributed by atoms with Crippen LogP contribution in [0.4, 0.5) is 5.69 Å². The molecule has 0 saturated carbocycles. The molecule has 0 heterocycles. The van der Waals surface area contributed by atoms with Gasteiger partial charge in [0.1, 0.15) is 5.75 Å². The molecule has 1 aromatic rings. The summed E-state index contributed by atoms with van der Waals surface area (Å²) in [6.45, 7) is 9.74. The van der Waals surface area contributed by atoms with E-state index in [9.17, 15) is 0 Å². The topological polar surface area (TPSA) is 12.5 Å². The van der Waals surface area contributed by atoms with Crippen molar-refractivity contribution in [3.8, 4) is 5.75 Å². The first-order valence-corrected chi connectivity index (χ1v) is 5.88. The fourth-order valence-electron chi connectivity index (χ4n) is 2.28. The second kappa shape index (κ2) is 5.24. The molecular formula is C14H23NO. The van der Waals surface area contributed by atoms with Crippen molar-refractivity contribution in [3.05, 3.63) is 22.8 Å². The molecule has 90 valence electrons. The fraction of sp³-hybridized carbons (Fsp3) is 0.571. The van der Waals surface area contributed by atoms with E-state index in [1.54, 1.807) is 7.11 Å². The lowest BCUT2D eigenvalue weighted by Gasteiger charge is -2.25. The summed E-state index contributed by atoms with van der Waals surface area (Å²) in [5.41, 5.74) is 5.20. The van der Waals surface area contributed by atoms with Crippen LogP contribution in [0.5, 0.6) is 5.75 Å². The lowest BCUT2D eigenvalue weighted by atomic mass is 10.0. The minimum Gasteiger partial charge on any atom is -0.496 e. The van der Waals surface area contributed by atoms with E-state index in [0.717, 1.165) is 12.3 Å². The first kappa shape index (κ1) is 12.9. The van der Waals surface area contributed by atoms with Gasteiger partial charge in [-0.15, -0.1) is 0 Å².